The summed E-state index contributed by atoms with van der Waals surface area (Å²) in [4.78, 5) is -0.0325. The van der Waals surface area contributed by atoms with E-state index in [9.17, 15) is 4.39 Å². The highest BCUT2D eigenvalue weighted by Crippen LogP contribution is 2.38. The molecular formula is C15H13Br2FO. The van der Waals surface area contributed by atoms with E-state index in [4.69, 9.17) is 4.74 Å². The highest BCUT2D eigenvalue weighted by molar-refractivity contribution is 9.10. The second-order valence-electron chi connectivity index (χ2n) is 4.26. The lowest BCUT2D eigenvalue weighted by Gasteiger charge is -2.15. The van der Waals surface area contributed by atoms with Gasteiger partial charge in [0, 0.05) is 10.0 Å². The fourth-order valence-corrected chi connectivity index (χ4v) is 2.90. The minimum atomic E-state index is -0.189. The van der Waals surface area contributed by atoms with Gasteiger partial charge in [0.2, 0.25) is 0 Å². The molecule has 0 saturated carbocycles. The zero-order chi connectivity index (χ0) is 14.0. The Labute approximate surface area is 129 Å². The molecule has 2 rings (SSSR count). The summed E-state index contributed by atoms with van der Waals surface area (Å²) < 4.78 is 19.7. The first-order valence-corrected chi connectivity index (χ1v) is 7.47. The van der Waals surface area contributed by atoms with Crippen molar-refractivity contribution in [3.8, 4) is 5.75 Å². The summed E-state index contributed by atoms with van der Waals surface area (Å²) >= 11 is 7.07. The quantitative estimate of drug-likeness (QED) is 0.641. The van der Waals surface area contributed by atoms with Gasteiger partial charge in [-0.1, -0.05) is 50.1 Å². The van der Waals surface area contributed by atoms with Crippen LogP contribution in [0.3, 0.4) is 0 Å². The smallest absolute Gasteiger partial charge is 0.126 e. The molecule has 2 aromatic carbocycles. The number of rotatable bonds is 3. The maximum Gasteiger partial charge on any atom is 0.126 e. The number of ether oxygens (including phenoxy) is 1. The Morgan fingerprint density at radius 1 is 1.16 bits per heavy atom. The van der Waals surface area contributed by atoms with E-state index in [2.05, 4.69) is 31.9 Å². The average Bonchev–Trinajstić information content (AvgIpc) is 2.41. The predicted molar refractivity (Wildman–Crippen MR) is 82.6 cm³/mol. The van der Waals surface area contributed by atoms with Crippen LogP contribution in [0.5, 0.6) is 5.75 Å². The van der Waals surface area contributed by atoms with Crippen molar-refractivity contribution in [2.24, 2.45) is 0 Å². The monoisotopic (exact) mass is 386 g/mol. The van der Waals surface area contributed by atoms with Crippen molar-refractivity contribution < 1.29 is 9.13 Å². The Bertz CT molecular complexity index is 599. The molecule has 100 valence electrons. The summed E-state index contributed by atoms with van der Waals surface area (Å²) in [5.74, 6) is 0.601. The Morgan fingerprint density at radius 2 is 1.89 bits per heavy atom. The third-order valence-corrected chi connectivity index (χ3v) is 4.46. The van der Waals surface area contributed by atoms with Crippen molar-refractivity contribution in [2.45, 2.75) is 11.8 Å². The zero-order valence-corrected chi connectivity index (χ0v) is 13.8. The van der Waals surface area contributed by atoms with Gasteiger partial charge in [-0.05, 0) is 36.2 Å². The van der Waals surface area contributed by atoms with Crippen molar-refractivity contribution in [1.29, 1.82) is 0 Å². The molecule has 0 heterocycles. The third-order valence-electron chi connectivity index (χ3n) is 2.94. The number of hydrogen-bond donors (Lipinski definition) is 0. The third kappa shape index (κ3) is 3.18. The van der Waals surface area contributed by atoms with E-state index in [1.165, 1.54) is 6.07 Å². The number of methoxy groups -OCH3 is 1. The Hall–Kier alpha value is -0.870. The van der Waals surface area contributed by atoms with Crippen molar-refractivity contribution >= 4 is 31.9 Å². The van der Waals surface area contributed by atoms with Crippen LogP contribution in [-0.2, 0) is 0 Å². The lowest BCUT2D eigenvalue weighted by Crippen LogP contribution is -1.98. The van der Waals surface area contributed by atoms with Gasteiger partial charge in [-0.15, -0.1) is 0 Å². The molecule has 0 aliphatic carbocycles. The Balaban J connectivity index is 2.43. The molecule has 0 saturated heterocycles. The molecule has 0 bridgehead atoms. The van der Waals surface area contributed by atoms with Gasteiger partial charge in [-0.3, -0.25) is 0 Å². The van der Waals surface area contributed by atoms with Crippen molar-refractivity contribution in [2.75, 3.05) is 7.11 Å². The van der Waals surface area contributed by atoms with E-state index in [-0.39, 0.29) is 10.6 Å². The van der Waals surface area contributed by atoms with Gasteiger partial charge in [0.05, 0.1) is 11.9 Å². The molecule has 0 aromatic heterocycles. The molecule has 2 aromatic rings. The number of aryl methyl sites for hydroxylation is 1. The molecule has 19 heavy (non-hydrogen) atoms. The van der Waals surface area contributed by atoms with Crippen LogP contribution in [0.15, 0.2) is 40.9 Å². The number of hydrogen-bond acceptors (Lipinski definition) is 1. The minimum Gasteiger partial charge on any atom is -0.496 e. The molecule has 0 fully saturated rings. The van der Waals surface area contributed by atoms with Gasteiger partial charge in [0.25, 0.3) is 0 Å². The van der Waals surface area contributed by atoms with Crippen LogP contribution in [0.2, 0.25) is 0 Å². The van der Waals surface area contributed by atoms with Crippen LogP contribution in [0, 0.1) is 12.7 Å². The number of halogens is 3. The maximum absolute atomic E-state index is 13.3. The summed E-state index contributed by atoms with van der Waals surface area (Å²) in [5.41, 5.74) is 2.65. The first kappa shape index (κ1) is 14.5. The molecule has 0 radical (unpaired) electrons. The summed E-state index contributed by atoms with van der Waals surface area (Å²) in [5, 5.41) is 0. The second-order valence-corrected chi connectivity index (χ2v) is 6.09. The lowest BCUT2D eigenvalue weighted by atomic mass is 10.0. The molecule has 0 aliphatic heterocycles. The van der Waals surface area contributed by atoms with Crippen molar-refractivity contribution in [1.82, 2.24) is 0 Å². The minimum absolute atomic E-state index is 0.0325. The maximum atomic E-state index is 13.3. The summed E-state index contributed by atoms with van der Waals surface area (Å²) in [6, 6.07) is 11.0. The molecule has 1 unspecified atom stereocenters. The van der Waals surface area contributed by atoms with Crippen LogP contribution in [0.1, 0.15) is 21.5 Å². The molecule has 0 aliphatic rings. The van der Waals surface area contributed by atoms with Crippen molar-refractivity contribution in [3.05, 3.63) is 63.4 Å². The molecule has 0 spiro atoms. The first-order valence-electron chi connectivity index (χ1n) is 5.76. The van der Waals surface area contributed by atoms with Crippen LogP contribution >= 0.6 is 31.9 Å². The van der Waals surface area contributed by atoms with Gasteiger partial charge in [-0.25, -0.2) is 4.39 Å². The molecule has 4 heteroatoms. The molecular weight excluding hydrogens is 375 g/mol. The van der Waals surface area contributed by atoms with Crippen LogP contribution in [0.4, 0.5) is 4.39 Å². The van der Waals surface area contributed by atoms with Gasteiger partial charge in [-0.2, -0.15) is 0 Å². The van der Waals surface area contributed by atoms with E-state index in [1.54, 1.807) is 20.1 Å². The largest absolute Gasteiger partial charge is 0.496 e. The summed E-state index contributed by atoms with van der Waals surface area (Å²) in [6.45, 7) is 1.76. The van der Waals surface area contributed by atoms with Crippen LogP contribution in [0.25, 0.3) is 0 Å². The summed E-state index contributed by atoms with van der Waals surface area (Å²) in [7, 11) is 1.64. The average molecular weight is 388 g/mol. The fraction of sp³-hybridized carbons (Fsp3) is 0.200. The number of alkyl halides is 1. The second kappa shape index (κ2) is 6.06. The zero-order valence-electron chi connectivity index (χ0n) is 10.6. The van der Waals surface area contributed by atoms with E-state index >= 15 is 0 Å². The normalized spacial score (nSPS) is 12.3. The topological polar surface area (TPSA) is 9.23 Å². The standard InChI is InChI=1S/C15H13Br2FO/c1-9-7-10(3-6-13(9)18)15(17)12-5-4-11(16)8-14(12)19-2/h3-8,15H,1-2H3. The van der Waals surface area contributed by atoms with Gasteiger partial charge < -0.3 is 4.74 Å². The van der Waals surface area contributed by atoms with E-state index < -0.39 is 0 Å². The lowest BCUT2D eigenvalue weighted by molar-refractivity contribution is 0.410. The van der Waals surface area contributed by atoms with Crippen molar-refractivity contribution in [3.63, 3.8) is 0 Å². The van der Waals surface area contributed by atoms with E-state index in [0.29, 0.717) is 5.56 Å². The molecule has 1 atom stereocenters. The predicted octanol–water partition coefficient (Wildman–Crippen LogP) is 5.39. The first-order chi connectivity index (χ1) is 9.02. The van der Waals surface area contributed by atoms with Crippen LogP contribution < -0.4 is 4.74 Å². The Morgan fingerprint density at radius 3 is 2.53 bits per heavy atom. The fourth-order valence-electron chi connectivity index (χ4n) is 1.90. The molecule has 1 nitrogen and oxygen atoms in total. The number of benzene rings is 2. The summed E-state index contributed by atoms with van der Waals surface area (Å²) in [6.07, 6.45) is 0. The van der Waals surface area contributed by atoms with E-state index in [1.807, 2.05) is 24.3 Å². The van der Waals surface area contributed by atoms with Gasteiger partial charge in [0.1, 0.15) is 11.6 Å². The van der Waals surface area contributed by atoms with Gasteiger partial charge >= 0.3 is 0 Å². The van der Waals surface area contributed by atoms with E-state index in [0.717, 1.165) is 21.3 Å². The van der Waals surface area contributed by atoms with Crippen LogP contribution in [-0.4, -0.2) is 7.11 Å². The highest BCUT2D eigenvalue weighted by atomic mass is 79.9. The SMILES string of the molecule is COc1cc(Br)ccc1C(Br)c1ccc(F)c(C)c1. The van der Waals surface area contributed by atoms with Gasteiger partial charge in [0.15, 0.2) is 0 Å². The highest BCUT2D eigenvalue weighted by Gasteiger charge is 2.16. The Kier molecular flexibility index (Phi) is 4.63. The molecule has 0 N–H and O–H groups in total. The molecule has 0 amide bonds.